The van der Waals surface area contributed by atoms with Gasteiger partial charge in [-0.25, -0.2) is 0 Å². The number of rotatable bonds is 2. The van der Waals surface area contributed by atoms with E-state index in [2.05, 4.69) is 39.9 Å². The number of hydrogen-bond acceptors (Lipinski definition) is 2. The number of piperidine rings is 1. The fraction of sp³-hybridized carbons (Fsp3) is 0.647. The van der Waals surface area contributed by atoms with E-state index in [-0.39, 0.29) is 12.1 Å². The molecule has 1 aliphatic heterocycles. The Morgan fingerprint density at radius 3 is 1.89 bits per heavy atom. The largest absolute Gasteiger partial charge is 0.387 e. The lowest BCUT2D eigenvalue weighted by molar-refractivity contribution is 0.112. The Balaban J connectivity index is 2.43. The van der Waals surface area contributed by atoms with E-state index >= 15 is 0 Å². The minimum Gasteiger partial charge on any atom is -0.387 e. The van der Waals surface area contributed by atoms with Gasteiger partial charge in [-0.15, -0.1) is 0 Å². The van der Waals surface area contributed by atoms with Crippen LogP contribution in [0.2, 0.25) is 0 Å². The average molecular weight is 261 g/mol. The summed E-state index contributed by atoms with van der Waals surface area (Å²) in [5, 5.41) is 14.3. The van der Waals surface area contributed by atoms with Crippen molar-refractivity contribution >= 4 is 0 Å². The van der Waals surface area contributed by atoms with Crippen molar-refractivity contribution in [3.8, 4) is 0 Å². The van der Waals surface area contributed by atoms with Crippen LogP contribution < -0.4 is 5.32 Å². The van der Waals surface area contributed by atoms with Crippen LogP contribution in [-0.4, -0.2) is 17.7 Å². The summed E-state index contributed by atoms with van der Waals surface area (Å²) in [5.74, 6) is 0. The smallest absolute Gasteiger partial charge is 0.0948 e. The first-order chi connectivity index (χ1) is 8.95. The molecule has 0 spiro atoms. The highest BCUT2D eigenvalue weighted by Crippen LogP contribution is 2.33. The number of benzene rings is 1. The van der Waals surface area contributed by atoms with Crippen LogP contribution in [0.4, 0.5) is 0 Å². The molecular weight excluding hydrogens is 234 g/mol. The lowest BCUT2D eigenvalue weighted by atomic mass is 9.84. The Labute approximate surface area is 117 Å². The van der Waals surface area contributed by atoms with E-state index in [9.17, 15) is 5.11 Å². The van der Waals surface area contributed by atoms with Crippen molar-refractivity contribution < 1.29 is 5.11 Å². The van der Waals surface area contributed by atoms with Crippen LogP contribution in [0.15, 0.2) is 0 Å². The first-order valence-electron chi connectivity index (χ1n) is 7.43. The van der Waals surface area contributed by atoms with Gasteiger partial charge in [0.05, 0.1) is 6.10 Å². The number of aliphatic hydroxyl groups is 1. The summed E-state index contributed by atoms with van der Waals surface area (Å²) in [6.45, 7) is 11.8. The fourth-order valence-electron chi connectivity index (χ4n) is 3.32. The highest BCUT2D eigenvalue weighted by Gasteiger charge is 2.26. The molecular formula is C17H27NO. The topological polar surface area (TPSA) is 32.3 Å². The zero-order chi connectivity index (χ0) is 14.2. The monoisotopic (exact) mass is 261 g/mol. The predicted octanol–water partition coefficient (Wildman–Crippen LogP) is 3.40. The fourth-order valence-corrected chi connectivity index (χ4v) is 3.32. The molecule has 1 aliphatic rings. The highest BCUT2D eigenvalue weighted by molar-refractivity contribution is 5.50. The molecule has 0 aromatic heterocycles. The predicted molar refractivity (Wildman–Crippen MR) is 80.7 cm³/mol. The van der Waals surface area contributed by atoms with Crippen molar-refractivity contribution in [2.75, 3.05) is 6.54 Å². The molecule has 0 radical (unpaired) electrons. The minimum absolute atomic E-state index is 0.215. The molecule has 2 unspecified atom stereocenters. The molecule has 2 rings (SSSR count). The molecule has 1 heterocycles. The van der Waals surface area contributed by atoms with E-state index in [1.807, 2.05) is 0 Å². The van der Waals surface area contributed by atoms with Gasteiger partial charge in [0, 0.05) is 6.04 Å². The molecule has 2 atom stereocenters. The van der Waals surface area contributed by atoms with Crippen molar-refractivity contribution in [3.63, 3.8) is 0 Å². The average Bonchev–Trinajstić information content (AvgIpc) is 2.44. The van der Waals surface area contributed by atoms with Crippen molar-refractivity contribution in [1.82, 2.24) is 5.32 Å². The molecule has 1 aromatic carbocycles. The van der Waals surface area contributed by atoms with Crippen LogP contribution in [0.5, 0.6) is 0 Å². The standard InChI is InChI=1S/C17H27NO/c1-10-11(2)13(4)16(14(5)12(10)3)17(19)15-8-6-7-9-18-15/h15,17-19H,6-9H2,1-5H3. The lowest BCUT2D eigenvalue weighted by Gasteiger charge is -2.31. The quantitative estimate of drug-likeness (QED) is 0.855. The van der Waals surface area contributed by atoms with Gasteiger partial charge < -0.3 is 10.4 Å². The zero-order valence-electron chi connectivity index (χ0n) is 12.9. The van der Waals surface area contributed by atoms with E-state index in [1.54, 1.807) is 0 Å². The minimum atomic E-state index is -0.377. The lowest BCUT2D eigenvalue weighted by Crippen LogP contribution is -2.39. The van der Waals surface area contributed by atoms with Gasteiger partial charge in [0.1, 0.15) is 0 Å². The third kappa shape index (κ3) is 2.56. The van der Waals surface area contributed by atoms with Gasteiger partial charge in [-0.05, 0) is 87.4 Å². The van der Waals surface area contributed by atoms with Crippen molar-refractivity contribution in [2.24, 2.45) is 0 Å². The third-order valence-corrected chi connectivity index (χ3v) is 5.08. The van der Waals surface area contributed by atoms with Crippen LogP contribution in [0.1, 0.15) is 58.7 Å². The van der Waals surface area contributed by atoms with E-state index in [0.29, 0.717) is 0 Å². The van der Waals surface area contributed by atoms with Gasteiger partial charge in [-0.3, -0.25) is 0 Å². The second-order valence-corrected chi connectivity index (χ2v) is 6.04. The maximum atomic E-state index is 10.8. The summed E-state index contributed by atoms with van der Waals surface area (Å²) in [6, 6.07) is 0.215. The maximum absolute atomic E-state index is 10.8. The van der Waals surface area contributed by atoms with Crippen LogP contribution in [0.25, 0.3) is 0 Å². The Bertz CT molecular complexity index is 444. The second-order valence-electron chi connectivity index (χ2n) is 6.04. The van der Waals surface area contributed by atoms with Gasteiger partial charge in [-0.1, -0.05) is 6.42 Å². The number of nitrogens with one attached hydrogen (secondary N) is 1. The Hall–Kier alpha value is -0.860. The Morgan fingerprint density at radius 2 is 1.42 bits per heavy atom. The first-order valence-corrected chi connectivity index (χ1v) is 7.43. The molecule has 1 saturated heterocycles. The van der Waals surface area contributed by atoms with Gasteiger partial charge in [0.25, 0.3) is 0 Å². The molecule has 0 aliphatic carbocycles. The second kappa shape index (κ2) is 5.64. The number of hydrogen-bond donors (Lipinski definition) is 2. The molecule has 2 N–H and O–H groups in total. The molecule has 1 aromatic rings. The summed E-state index contributed by atoms with van der Waals surface area (Å²) in [4.78, 5) is 0. The first kappa shape index (κ1) is 14.5. The summed E-state index contributed by atoms with van der Waals surface area (Å²) in [7, 11) is 0. The highest BCUT2D eigenvalue weighted by atomic mass is 16.3. The van der Waals surface area contributed by atoms with Crippen LogP contribution in [-0.2, 0) is 0 Å². The number of aliphatic hydroxyl groups excluding tert-OH is 1. The SMILES string of the molecule is Cc1c(C)c(C)c(C(O)C2CCCCN2)c(C)c1C. The third-order valence-electron chi connectivity index (χ3n) is 5.08. The van der Waals surface area contributed by atoms with E-state index in [1.165, 1.54) is 40.7 Å². The molecule has 2 nitrogen and oxygen atoms in total. The molecule has 0 saturated carbocycles. The molecule has 1 fully saturated rings. The van der Waals surface area contributed by atoms with E-state index in [4.69, 9.17) is 0 Å². The van der Waals surface area contributed by atoms with E-state index in [0.717, 1.165) is 18.5 Å². The van der Waals surface area contributed by atoms with E-state index < -0.39 is 0 Å². The molecule has 0 bridgehead atoms. The molecule has 2 heteroatoms. The van der Waals surface area contributed by atoms with Crippen LogP contribution in [0, 0.1) is 34.6 Å². The molecule has 19 heavy (non-hydrogen) atoms. The summed E-state index contributed by atoms with van der Waals surface area (Å²) in [6.07, 6.45) is 3.15. The van der Waals surface area contributed by atoms with Crippen LogP contribution in [0.3, 0.4) is 0 Å². The zero-order valence-corrected chi connectivity index (χ0v) is 12.9. The van der Waals surface area contributed by atoms with Gasteiger partial charge >= 0.3 is 0 Å². The molecule has 0 amide bonds. The summed E-state index contributed by atoms with van der Waals surface area (Å²) >= 11 is 0. The van der Waals surface area contributed by atoms with Gasteiger partial charge in [-0.2, -0.15) is 0 Å². The van der Waals surface area contributed by atoms with Crippen molar-refractivity contribution in [3.05, 3.63) is 33.4 Å². The van der Waals surface area contributed by atoms with Crippen molar-refractivity contribution in [2.45, 2.75) is 66.0 Å². The van der Waals surface area contributed by atoms with Crippen LogP contribution >= 0.6 is 0 Å². The maximum Gasteiger partial charge on any atom is 0.0948 e. The Kier molecular flexibility index (Phi) is 4.32. The summed E-state index contributed by atoms with van der Waals surface area (Å²) < 4.78 is 0. The normalized spacial score (nSPS) is 21.5. The molecule has 106 valence electrons. The van der Waals surface area contributed by atoms with Gasteiger partial charge in [0.15, 0.2) is 0 Å². The summed E-state index contributed by atoms with van der Waals surface area (Å²) in [5.41, 5.74) is 7.70. The van der Waals surface area contributed by atoms with Crippen molar-refractivity contribution in [1.29, 1.82) is 0 Å². The Morgan fingerprint density at radius 1 is 0.895 bits per heavy atom. The van der Waals surface area contributed by atoms with Gasteiger partial charge in [0.2, 0.25) is 0 Å².